The van der Waals surface area contributed by atoms with Crippen LogP contribution in [-0.4, -0.2) is 51.1 Å². The van der Waals surface area contributed by atoms with Gasteiger partial charge in [-0.25, -0.2) is 0 Å². The first-order chi connectivity index (χ1) is 13.9. The predicted octanol–water partition coefficient (Wildman–Crippen LogP) is -0.504. The number of aryl methyl sites for hydroxylation is 2. The second kappa shape index (κ2) is 9.71. The van der Waals surface area contributed by atoms with Gasteiger partial charge in [-0.2, -0.15) is 0 Å². The zero-order valence-corrected chi connectivity index (χ0v) is 17.5. The third-order valence-corrected chi connectivity index (χ3v) is 5.58. The second-order valence-corrected chi connectivity index (χ2v) is 7.97. The van der Waals surface area contributed by atoms with Gasteiger partial charge >= 0.3 is 0 Å². The standard InChI is InChI=1S/C22H30N4O3/c1-16-6-4-7-17(2)22(16)24-21(28)15-26-11-9-25(10-12-26)14-20(27)23-18(3)19-8-5-13-29-19/h4-8,13,18H,9-12,14-15H2,1-3H3,(H,23,27)(H,24,28)/p+2/t18-/m0/s1. The van der Waals surface area contributed by atoms with Gasteiger partial charge < -0.3 is 24.9 Å². The van der Waals surface area contributed by atoms with Crippen LogP contribution in [0.15, 0.2) is 41.0 Å². The molecule has 3 rings (SSSR count). The maximum atomic E-state index is 12.5. The fourth-order valence-corrected chi connectivity index (χ4v) is 3.86. The molecule has 2 amide bonds. The molecule has 1 aromatic carbocycles. The van der Waals surface area contributed by atoms with Gasteiger partial charge in [0.15, 0.2) is 13.1 Å². The molecule has 1 aromatic heterocycles. The van der Waals surface area contributed by atoms with Crippen LogP contribution in [0.25, 0.3) is 0 Å². The number of amides is 2. The van der Waals surface area contributed by atoms with E-state index in [2.05, 4.69) is 10.6 Å². The third kappa shape index (κ3) is 5.92. The molecule has 4 N–H and O–H groups in total. The van der Waals surface area contributed by atoms with E-state index < -0.39 is 0 Å². The van der Waals surface area contributed by atoms with Crippen molar-refractivity contribution in [3.05, 3.63) is 53.5 Å². The summed E-state index contributed by atoms with van der Waals surface area (Å²) in [5.41, 5.74) is 3.08. The second-order valence-electron chi connectivity index (χ2n) is 7.97. The first-order valence-electron chi connectivity index (χ1n) is 10.3. The van der Waals surface area contributed by atoms with Crippen molar-refractivity contribution in [1.29, 1.82) is 0 Å². The van der Waals surface area contributed by atoms with Gasteiger partial charge in [0.05, 0.1) is 12.3 Å². The lowest BCUT2D eigenvalue weighted by molar-refractivity contribution is -1.00. The number of para-hydroxylation sites is 1. The zero-order chi connectivity index (χ0) is 20.8. The van der Waals surface area contributed by atoms with E-state index in [4.69, 9.17) is 4.42 Å². The molecular formula is C22H32N4O3+2. The lowest BCUT2D eigenvalue weighted by Gasteiger charge is -2.29. The Morgan fingerprint density at radius 1 is 0.966 bits per heavy atom. The highest BCUT2D eigenvalue weighted by Crippen LogP contribution is 2.18. The van der Waals surface area contributed by atoms with Crippen molar-refractivity contribution in [2.24, 2.45) is 0 Å². The predicted molar refractivity (Wildman–Crippen MR) is 111 cm³/mol. The summed E-state index contributed by atoms with van der Waals surface area (Å²) in [4.78, 5) is 27.3. The molecule has 1 fully saturated rings. The lowest BCUT2D eigenvalue weighted by Crippen LogP contribution is -3.28. The maximum Gasteiger partial charge on any atom is 0.279 e. The van der Waals surface area contributed by atoms with Crippen LogP contribution in [0.2, 0.25) is 0 Å². The minimum atomic E-state index is -0.127. The van der Waals surface area contributed by atoms with Gasteiger partial charge in [-0.15, -0.1) is 0 Å². The lowest BCUT2D eigenvalue weighted by atomic mass is 10.1. The quantitative estimate of drug-likeness (QED) is 0.506. The summed E-state index contributed by atoms with van der Waals surface area (Å²) in [6.07, 6.45) is 1.61. The summed E-state index contributed by atoms with van der Waals surface area (Å²) < 4.78 is 5.33. The molecule has 156 valence electrons. The smallest absolute Gasteiger partial charge is 0.279 e. The highest BCUT2D eigenvalue weighted by molar-refractivity contribution is 5.93. The van der Waals surface area contributed by atoms with E-state index in [9.17, 15) is 9.59 Å². The number of carbonyl (C=O) groups is 2. The van der Waals surface area contributed by atoms with E-state index in [-0.39, 0.29) is 17.9 Å². The number of rotatable bonds is 7. The number of carbonyl (C=O) groups excluding carboxylic acids is 2. The number of piperazine rings is 1. The van der Waals surface area contributed by atoms with Crippen molar-refractivity contribution in [1.82, 2.24) is 5.32 Å². The molecule has 0 aliphatic carbocycles. The maximum absolute atomic E-state index is 12.5. The Hall–Kier alpha value is -2.64. The van der Waals surface area contributed by atoms with Crippen LogP contribution in [0.5, 0.6) is 0 Å². The molecule has 0 saturated carbocycles. The molecule has 1 atom stereocenters. The van der Waals surface area contributed by atoms with Crippen molar-refractivity contribution in [2.45, 2.75) is 26.8 Å². The highest BCUT2D eigenvalue weighted by atomic mass is 16.3. The van der Waals surface area contributed by atoms with E-state index in [1.165, 1.54) is 9.80 Å². The van der Waals surface area contributed by atoms with Crippen molar-refractivity contribution in [2.75, 3.05) is 44.6 Å². The van der Waals surface area contributed by atoms with Gasteiger partial charge in [-0.3, -0.25) is 9.59 Å². The molecule has 2 aromatic rings. The van der Waals surface area contributed by atoms with Crippen LogP contribution in [-0.2, 0) is 9.59 Å². The molecule has 1 aliphatic rings. The Morgan fingerprint density at radius 2 is 1.55 bits per heavy atom. The molecule has 2 heterocycles. The van der Waals surface area contributed by atoms with E-state index >= 15 is 0 Å². The van der Waals surface area contributed by atoms with Crippen molar-refractivity contribution >= 4 is 17.5 Å². The number of nitrogens with one attached hydrogen (secondary N) is 4. The third-order valence-electron chi connectivity index (χ3n) is 5.58. The van der Waals surface area contributed by atoms with Crippen molar-refractivity contribution in [3.63, 3.8) is 0 Å². The van der Waals surface area contributed by atoms with Gasteiger partial charge in [0.25, 0.3) is 11.8 Å². The Kier molecular flexibility index (Phi) is 7.06. The SMILES string of the molecule is Cc1cccc(C)c1NC(=O)C[NH+]1CC[NH+](CC(=O)N[C@@H](C)c2ccco2)CC1. The molecule has 0 unspecified atom stereocenters. The van der Waals surface area contributed by atoms with Crippen LogP contribution in [0.1, 0.15) is 29.9 Å². The van der Waals surface area contributed by atoms with E-state index in [0.717, 1.165) is 48.8 Å². The molecule has 29 heavy (non-hydrogen) atoms. The Morgan fingerprint density at radius 3 is 2.10 bits per heavy atom. The normalized spacial score (nSPS) is 20.1. The highest BCUT2D eigenvalue weighted by Gasteiger charge is 2.27. The molecule has 1 aliphatic heterocycles. The summed E-state index contributed by atoms with van der Waals surface area (Å²) in [5, 5.41) is 6.05. The number of quaternary nitrogens is 2. The zero-order valence-electron chi connectivity index (χ0n) is 17.5. The number of benzene rings is 1. The summed E-state index contributed by atoms with van der Waals surface area (Å²) in [6.45, 7) is 10.4. The molecule has 7 nitrogen and oxygen atoms in total. The van der Waals surface area contributed by atoms with E-state index in [1.54, 1.807) is 6.26 Å². The fraction of sp³-hybridized carbons (Fsp3) is 0.455. The van der Waals surface area contributed by atoms with Crippen LogP contribution in [0.4, 0.5) is 5.69 Å². The number of anilines is 1. The van der Waals surface area contributed by atoms with E-state index in [0.29, 0.717) is 13.1 Å². The fourth-order valence-electron chi connectivity index (χ4n) is 3.86. The molecule has 0 radical (unpaired) electrons. The average Bonchev–Trinajstić information content (AvgIpc) is 3.21. The van der Waals surface area contributed by atoms with Gasteiger partial charge in [-0.05, 0) is 44.0 Å². The Bertz CT molecular complexity index is 806. The van der Waals surface area contributed by atoms with Gasteiger partial charge in [0.2, 0.25) is 0 Å². The minimum absolute atomic E-state index is 0.0279. The monoisotopic (exact) mass is 400 g/mol. The Labute approximate surface area is 172 Å². The molecule has 7 heteroatoms. The largest absolute Gasteiger partial charge is 0.467 e. The molecule has 0 bridgehead atoms. The number of hydrogen-bond donors (Lipinski definition) is 4. The Balaban J connectivity index is 1.40. The summed E-state index contributed by atoms with van der Waals surface area (Å²) in [6, 6.07) is 9.58. The summed E-state index contributed by atoms with van der Waals surface area (Å²) >= 11 is 0. The van der Waals surface area contributed by atoms with Gasteiger partial charge in [0, 0.05) is 5.69 Å². The van der Waals surface area contributed by atoms with Crippen LogP contribution in [0, 0.1) is 13.8 Å². The molecule has 0 spiro atoms. The van der Waals surface area contributed by atoms with Crippen molar-refractivity contribution in [3.8, 4) is 0 Å². The summed E-state index contributed by atoms with van der Waals surface area (Å²) in [5.74, 6) is 0.837. The average molecular weight is 401 g/mol. The number of furan rings is 1. The van der Waals surface area contributed by atoms with Gasteiger partial charge in [-0.1, -0.05) is 18.2 Å². The van der Waals surface area contributed by atoms with Crippen molar-refractivity contribution < 1.29 is 23.8 Å². The first-order valence-corrected chi connectivity index (χ1v) is 10.3. The van der Waals surface area contributed by atoms with Crippen LogP contribution >= 0.6 is 0 Å². The molecule has 1 saturated heterocycles. The minimum Gasteiger partial charge on any atom is -0.467 e. The first kappa shape index (κ1) is 21.1. The van der Waals surface area contributed by atoms with E-state index in [1.807, 2.05) is 51.1 Å². The van der Waals surface area contributed by atoms with Gasteiger partial charge in [0.1, 0.15) is 31.9 Å². The van der Waals surface area contributed by atoms with Crippen LogP contribution in [0.3, 0.4) is 0 Å². The molecular weight excluding hydrogens is 368 g/mol. The van der Waals surface area contributed by atoms with Crippen LogP contribution < -0.4 is 20.4 Å². The topological polar surface area (TPSA) is 80.2 Å². The summed E-state index contributed by atoms with van der Waals surface area (Å²) in [7, 11) is 0. The number of hydrogen-bond acceptors (Lipinski definition) is 3.